The van der Waals surface area contributed by atoms with Crippen LogP contribution in [-0.4, -0.2) is 15.7 Å². The van der Waals surface area contributed by atoms with Gasteiger partial charge in [-0.25, -0.2) is 4.79 Å². The van der Waals surface area contributed by atoms with Crippen molar-refractivity contribution in [2.45, 2.75) is 24.3 Å². The molecule has 0 radical (unpaired) electrons. The van der Waals surface area contributed by atoms with Gasteiger partial charge in [0.25, 0.3) is 0 Å². The first-order valence-electron chi connectivity index (χ1n) is 4.49. The highest BCUT2D eigenvalue weighted by Gasteiger charge is 2.17. The Morgan fingerprint density at radius 3 is 3.21 bits per heavy atom. The van der Waals surface area contributed by atoms with E-state index < -0.39 is 0 Å². The summed E-state index contributed by atoms with van der Waals surface area (Å²) < 4.78 is 0. The van der Waals surface area contributed by atoms with Crippen LogP contribution in [0.4, 0.5) is 0 Å². The number of rotatable bonds is 2. The fourth-order valence-electron chi connectivity index (χ4n) is 1.66. The molecule has 3 nitrogen and oxygen atoms in total. The average molecular weight is 206 g/mol. The molecule has 0 atom stereocenters. The van der Waals surface area contributed by atoms with Gasteiger partial charge >= 0.3 is 5.69 Å². The molecule has 4 heteroatoms. The number of aromatic amines is 1. The summed E-state index contributed by atoms with van der Waals surface area (Å²) in [4.78, 5) is 17.9. The largest absolute Gasteiger partial charge is 0.346 e. The molecule has 0 unspecified atom stereocenters. The van der Waals surface area contributed by atoms with Crippen molar-refractivity contribution in [2.24, 2.45) is 0 Å². The molecule has 0 saturated carbocycles. The zero-order chi connectivity index (χ0) is 9.97. The van der Waals surface area contributed by atoms with Crippen LogP contribution in [0, 0.1) is 12.3 Å². The molecule has 0 fully saturated rings. The molecule has 14 heavy (non-hydrogen) atoms. The number of aryl methyl sites for hydroxylation is 1. The van der Waals surface area contributed by atoms with Gasteiger partial charge in [0.05, 0.1) is 5.75 Å². The molecule has 0 aliphatic heterocycles. The van der Waals surface area contributed by atoms with Crippen LogP contribution in [0.25, 0.3) is 0 Å². The number of aromatic nitrogens is 2. The van der Waals surface area contributed by atoms with Crippen LogP contribution in [-0.2, 0) is 12.8 Å². The van der Waals surface area contributed by atoms with E-state index in [0.717, 1.165) is 30.0 Å². The van der Waals surface area contributed by atoms with Gasteiger partial charge in [-0.2, -0.15) is 4.98 Å². The van der Waals surface area contributed by atoms with Gasteiger partial charge in [-0.15, -0.1) is 6.42 Å². The molecule has 0 bridgehead atoms. The summed E-state index contributed by atoms with van der Waals surface area (Å²) in [5, 5.41) is 0.819. The van der Waals surface area contributed by atoms with Gasteiger partial charge in [0.1, 0.15) is 5.03 Å². The van der Waals surface area contributed by atoms with Crippen LogP contribution in [0.3, 0.4) is 0 Å². The first kappa shape index (κ1) is 9.35. The summed E-state index contributed by atoms with van der Waals surface area (Å²) >= 11 is 1.47. The zero-order valence-corrected chi connectivity index (χ0v) is 8.49. The Morgan fingerprint density at radius 2 is 2.43 bits per heavy atom. The number of fused-ring (bicyclic) bond motifs is 1. The van der Waals surface area contributed by atoms with Crippen molar-refractivity contribution < 1.29 is 0 Å². The van der Waals surface area contributed by atoms with E-state index in [2.05, 4.69) is 15.9 Å². The number of hydrogen-bond acceptors (Lipinski definition) is 3. The standard InChI is InChI=1S/C10H10N2OS/c1-2-6-14-9-7-4-3-5-8(7)11-10(13)12-9/h1H,3-6H2,(H,11,12,13). The number of nitrogens with one attached hydrogen (secondary N) is 1. The zero-order valence-electron chi connectivity index (χ0n) is 7.67. The van der Waals surface area contributed by atoms with Crippen LogP contribution < -0.4 is 5.69 Å². The lowest BCUT2D eigenvalue weighted by Gasteiger charge is -2.03. The molecule has 1 aliphatic rings. The summed E-state index contributed by atoms with van der Waals surface area (Å²) in [5.74, 6) is 3.11. The van der Waals surface area contributed by atoms with Crippen molar-refractivity contribution in [1.82, 2.24) is 9.97 Å². The Morgan fingerprint density at radius 1 is 1.57 bits per heavy atom. The highest BCUT2D eigenvalue weighted by molar-refractivity contribution is 7.99. The third-order valence-electron chi connectivity index (χ3n) is 2.23. The molecule has 1 N–H and O–H groups in total. The summed E-state index contributed by atoms with van der Waals surface area (Å²) in [7, 11) is 0. The third kappa shape index (κ3) is 1.68. The molecule has 0 spiro atoms. The Labute approximate surface area is 86.3 Å². The van der Waals surface area contributed by atoms with E-state index in [-0.39, 0.29) is 5.69 Å². The molecular formula is C10H10N2OS. The highest BCUT2D eigenvalue weighted by Crippen LogP contribution is 2.27. The van der Waals surface area contributed by atoms with Crippen molar-refractivity contribution in [3.05, 3.63) is 21.7 Å². The van der Waals surface area contributed by atoms with Crippen molar-refractivity contribution >= 4 is 11.8 Å². The van der Waals surface area contributed by atoms with Crippen molar-refractivity contribution in [2.75, 3.05) is 5.75 Å². The quantitative estimate of drug-likeness (QED) is 0.446. The molecule has 1 aromatic heterocycles. The fourth-order valence-corrected chi connectivity index (χ4v) is 2.43. The Bertz CT molecular complexity index is 444. The summed E-state index contributed by atoms with van der Waals surface area (Å²) in [6.45, 7) is 0. The van der Waals surface area contributed by atoms with E-state index in [1.54, 1.807) is 0 Å². The second kappa shape index (κ2) is 3.89. The number of terminal acetylenes is 1. The number of hydrogen-bond donors (Lipinski definition) is 1. The monoisotopic (exact) mass is 206 g/mol. The van der Waals surface area contributed by atoms with Gasteiger partial charge in [0.2, 0.25) is 0 Å². The second-order valence-electron chi connectivity index (χ2n) is 3.15. The maximum atomic E-state index is 11.2. The van der Waals surface area contributed by atoms with E-state index in [9.17, 15) is 4.79 Å². The summed E-state index contributed by atoms with van der Waals surface area (Å²) in [6, 6.07) is 0. The molecule has 2 rings (SSSR count). The minimum Gasteiger partial charge on any atom is -0.309 e. The topological polar surface area (TPSA) is 45.8 Å². The minimum atomic E-state index is -0.259. The van der Waals surface area contributed by atoms with Crippen LogP contribution in [0.15, 0.2) is 9.82 Å². The Hall–Kier alpha value is -1.21. The SMILES string of the molecule is C#CCSc1nc(=O)[nH]c2c1CCC2. The van der Waals surface area contributed by atoms with Crippen LogP contribution in [0.2, 0.25) is 0 Å². The Balaban J connectivity index is 2.39. The minimum absolute atomic E-state index is 0.259. The molecule has 0 aromatic carbocycles. The third-order valence-corrected chi connectivity index (χ3v) is 3.15. The van der Waals surface area contributed by atoms with Crippen LogP contribution >= 0.6 is 11.8 Å². The molecule has 72 valence electrons. The van der Waals surface area contributed by atoms with E-state index in [4.69, 9.17) is 6.42 Å². The van der Waals surface area contributed by atoms with E-state index >= 15 is 0 Å². The molecule has 1 heterocycles. The van der Waals surface area contributed by atoms with Crippen LogP contribution in [0.5, 0.6) is 0 Å². The molecule has 1 aliphatic carbocycles. The molecular weight excluding hydrogens is 196 g/mol. The maximum Gasteiger partial charge on any atom is 0.346 e. The van der Waals surface area contributed by atoms with Gasteiger partial charge in [-0.05, 0) is 19.3 Å². The van der Waals surface area contributed by atoms with Crippen LogP contribution in [0.1, 0.15) is 17.7 Å². The van der Waals surface area contributed by atoms with E-state index in [1.165, 1.54) is 17.3 Å². The fraction of sp³-hybridized carbons (Fsp3) is 0.400. The summed E-state index contributed by atoms with van der Waals surface area (Å²) in [6.07, 6.45) is 8.23. The number of thioether (sulfide) groups is 1. The van der Waals surface area contributed by atoms with Gasteiger partial charge in [-0.3, -0.25) is 0 Å². The first-order chi connectivity index (χ1) is 6.81. The number of nitrogens with zero attached hydrogens (tertiary/aromatic N) is 1. The van der Waals surface area contributed by atoms with Crippen molar-refractivity contribution in [3.63, 3.8) is 0 Å². The average Bonchev–Trinajstić information content (AvgIpc) is 2.61. The molecule has 0 saturated heterocycles. The normalized spacial score (nSPS) is 13.6. The lowest BCUT2D eigenvalue weighted by molar-refractivity contribution is 0.895. The van der Waals surface area contributed by atoms with E-state index in [1.807, 2.05) is 0 Å². The predicted molar refractivity (Wildman–Crippen MR) is 56.4 cm³/mol. The van der Waals surface area contributed by atoms with Crippen molar-refractivity contribution in [1.29, 1.82) is 0 Å². The van der Waals surface area contributed by atoms with Crippen molar-refractivity contribution in [3.8, 4) is 12.3 Å². The lowest BCUT2D eigenvalue weighted by atomic mass is 10.3. The maximum absolute atomic E-state index is 11.2. The van der Waals surface area contributed by atoms with Gasteiger partial charge in [0, 0.05) is 11.3 Å². The highest BCUT2D eigenvalue weighted by atomic mass is 32.2. The molecule has 0 amide bonds. The molecule has 1 aromatic rings. The van der Waals surface area contributed by atoms with E-state index in [0.29, 0.717) is 5.75 Å². The smallest absolute Gasteiger partial charge is 0.309 e. The second-order valence-corrected chi connectivity index (χ2v) is 4.11. The first-order valence-corrected chi connectivity index (χ1v) is 5.48. The summed E-state index contributed by atoms with van der Waals surface area (Å²) in [5.41, 5.74) is 1.97. The van der Waals surface area contributed by atoms with Gasteiger partial charge in [-0.1, -0.05) is 17.7 Å². The lowest BCUT2D eigenvalue weighted by Crippen LogP contribution is -2.14. The van der Waals surface area contributed by atoms with Gasteiger partial charge in [0.15, 0.2) is 0 Å². The Kier molecular flexibility index (Phi) is 2.60. The predicted octanol–water partition coefficient (Wildman–Crippen LogP) is 0.984. The number of H-pyrrole nitrogens is 1. The van der Waals surface area contributed by atoms with Gasteiger partial charge < -0.3 is 4.98 Å².